The summed E-state index contributed by atoms with van der Waals surface area (Å²) in [6, 6.07) is 0. The highest BCUT2D eigenvalue weighted by Gasteiger charge is 2.39. The second-order valence-corrected chi connectivity index (χ2v) is 10.7. The molecule has 0 aliphatic carbocycles. The van der Waals surface area contributed by atoms with Crippen molar-refractivity contribution in [1.29, 1.82) is 0 Å². The van der Waals surface area contributed by atoms with Gasteiger partial charge in [0, 0.05) is 0 Å². The van der Waals surface area contributed by atoms with E-state index < -0.39 is 21.7 Å². The molecule has 0 spiro atoms. The Morgan fingerprint density at radius 1 is 0.935 bits per heavy atom. The zero-order valence-electron chi connectivity index (χ0n) is 19.3. The maximum absolute atomic E-state index is 12.6. The maximum Gasteiger partial charge on any atom is 0.548 e. The number of phosphoric acid groups is 2. The molecule has 0 saturated carbocycles. The number of rotatable bonds is 14. The van der Waals surface area contributed by atoms with Crippen molar-refractivity contribution in [1.82, 2.24) is 0 Å². The second kappa shape index (κ2) is 14.6. The van der Waals surface area contributed by atoms with Crippen LogP contribution in [0.15, 0.2) is 46.6 Å². The summed E-state index contributed by atoms with van der Waals surface area (Å²) >= 11 is 0. The lowest BCUT2D eigenvalue weighted by Crippen LogP contribution is -2.10. The van der Waals surface area contributed by atoms with Gasteiger partial charge in [0.25, 0.3) is 0 Å². The molecule has 0 aliphatic heterocycles. The molecule has 0 heterocycles. The highest BCUT2D eigenvalue weighted by atomic mass is 31.3. The van der Waals surface area contributed by atoms with Crippen LogP contribution in [0.1, 0.15) is 73.6 Å². The Labute approximate surface area is 187 Å². The minimum Gasteiger partial charge on any atom is -0.350 e. The van der Waals surface area contributed by atoms with Crippen LogP contribution in [-0.4, -0.2) is 15.9 Å². The van der Waals surface area contributed by atoms with E-state index in [4.69, 9.17) is 20.7 Å². The monoisotopic (exact) mass is 474 g/mol. The average molecular weight is 474 g/mol. The van der Waals surface area contributed by atoms with E-state index in [9.17, 15) is 9.13 Å². The third-order valence-corrected chi connectivity index (χ3v) is 6.50. The first-order valence-corrected chi connectivity index (χ1v) is 13.0. The first kappa shape index (κ1) is 29.6. The molecule has 0 aliphatic rings. The van der Waals surface area contributed by atoms with Crippen LogP contribution >= 0.6 is 15.6 Å². The first-order valence-electron chi connectivity index (χ1n) is 10.1. The van der Waals surface area contributed by atoms with Crippen molar-refractivity contribution < 1.29 is 32.3 Å². The minimum atomic E-state index is -5.16. The molecule has 0 saturated heterocycles. The van der Waals surface area contributed by atoms with Gasteiger partial charge in [-0.1, -0.05) is 53.0 Å². The van der Waals surface area contributed by atoms with Crippen molar-refractivity contribution in [2.45, 2.75) is 79.8 Å². The molecule has 176 valence electrons. The van der Waals surface area contributed by atoms with Gasteiger partial charge in [0.05, 0.1) is 6.10 Å². The molecule has 0 bridgehead atoms. The van der Waals surface area contributed by atoms with Gasteiger partial charge < -0.3 is 14.3 Å². The van der Waals surface area contributed by atoms with Gasteiger partial charge in [-0.05, 0) is 73.6 Å². The highest BCUT2D eigenvalue weighted by Crippen LogP contribution is 2.61. The van der Waals surface area contributed by atoms with Crippen molar-refractivity contribution in [2.24, 2.45) is 0 Å². The smallest absolute Gasteiger partial charge is 0.350 e. The van der Waals surface area contributed by atoms with E-state index in [0.717, 1.165) is 36.8 Å². The molecule has 0 rings (SSSR count). The van der Waals surface area contributed by atoms with Crippen LogP contribution in [-0.2, 0) is 22.5 Å². The summed E-state index contributed by atoms with van der Waals surface area (Å²) in [5.74, 6) is 0. The van der Waals surface area contributed by atoms with Crippen LogP contribution in [0.2, 0.25) is 0 Å². The predicted molar refractivity (Wildman–Crippen MR) is 125 cm³/mol. The number of hydrogen-bond donors (Lipinski definition) is 2. The van der Waals surface area contributed by atoms with Crippen molar-refractivity contribution in [3.8, 4) is 12.5 Å². The number of hydrogen-bond acceptors (Lipinski definition) is 5. The third kappa shape index (κ3) is 16.9. The summed E-state index contributed by atoms with van der Waals surface area (Å²) in [6.07, 6.45) is 17.4. The van der Waals surface area contributed by atoms with E-state index in [2.05, 4.69) is 21.0 Å². The van der Waals surface area contributed by atoms with Crippen LogP contribution in [0.4, 0.5) is 0 Å². The van der Waals surface area contributed by atoms with E-state index in [1.165, 1.54) is 11.1 Å². The Bertz CT molecular complexity index is 817. The summed E-state index contributed by atoms with van der Waals surface area (Å²) in [4.78, 5) is 18.1. The maximum atomic E-state index is 12.6. The number of terminal acetylenes is 1. The molecular weight excluding hydrogens is 438 g/mol. The van der Waals surface area contributed by atoms with Gasteiger partial charge >= 0.3 is 15.6 Å². The molecule has 0 aromatic rings. The Kier molecular flexibility index (Phi) is 14.0. The fourth-order valence-corrected chi connectivity index (χ4v) is 4.54. The SMILES string of the molecule is C#COP(=O)(OC(/C=C(\C)CCC=C(C)C)C/C=C(\C)CCC=C(C)C)OP(=O)(O)O. The molecule has 0 radical (unpaired) electrons. The van der Waals surface area contributed by atoms with E-state index in [1.807, 2.05) is 47.6 Å². The van der Waals surface area contributed by atoms with Crippen LogP contribution < -0.4 is 0 Å². The summed E-state index contributed by atoms with van der Waals surface area (Å²) in [5, 5.41) is 0. The molecular formula is C22H36O7P2. The van der Waals surface area contributed by atoms with E-state index in [0.29, 0.717) is 6.42 Å². The van der Waals surface area contributed by atoms with E-state index >= 15 is 0 Å². The largest absolute Gasteiger partial charge is 0.548 e. The number of phosphoric ester groups is 1. The van der Waals surface area contributed by atoms with Crippen LogP contribution in [0, 0.1) is 12.5 Å². The van der Waals surface area contributed by atoms with E-state index in [1.54, 1.807) is 12.2 Å². The normalized spacial score (nSPS) is 15.5. The van der Waals surface area contributed by atoms with Gasteiger partial charge in [0.2, 0.25) is 0 Å². The first-order chi connectivity index (χ1) is 14.3. The van der Waals surface area contributed by atoms with Gasteiger partial charge in [-0.3, -0.25) is 4.52 Å². The molecule has 2 N–H and O–H groups in total. The van der Waals surface area contributed by atoms with Crippen molar-refractivity contribution in [3.05, 3.63) is 46.6 Å². The molecule has 9 heteroatoms. The lowest BCUT2D eigenvalue weighted by molar-refractivity contribution is 0.149. The second-order valence-electron chi connectivity index (χ2n) is 7.81. The Hall–Kier alpha value is -1.38. The molecule has 2 atom stereocenters. The van der Waals surface area contributed by atoms with Crippen LogP contribution in [0.25, 0.3) is 0 Å². The van der Waals surface area contributed by atoms with Crippen LogP contribution in [0.3, 0.4) is 0 Å². The summed E-state index contributed by atoms with van der Waals surface area (Å²) in [5.41, 5.74) is 4.51. The molecule has 0 aromatic carbocycles. The van der Waals surface area contributed by atoms with Gasteiger partial charge in [-0.2, -0.15) is 4.31 Å². The summed E-state index contributed by atoms with van der Waals surface area (Å²) < 4.78 is 38.0. The van der Waals surface area contributed by atoms with Gasteiger partial charge in [0.1, 0.15) is 6.11 Å². The summed E-state index contributed by atoms with van der Waals surface area (Å²) in [6.45, 7) is 12.0. The standard InChI is InChI=1S/C22H36O7P2/c1-8-27-31(26,29-30(23,24)25)28-22(17-21(7)14-10-12-19(4)5)16-15-20(6)13-9-11-18(2)3/h1,11-12,15,17,22H,9-10,13-14,16H2,2-7H3,(H2,23,24,25)/b20-15+,21-17+. The molecule has 2 unspecified atom stereocenters. The quantitative estimate of drug-likeness (QED) is 0.159. The van der Waals surface area contributed by atoms with Crippen LogP contribution in [0.5, 0.6) is 0 Å². The molecule has 0 amide bonds. The fraction of sp³-hybridized carbons (Fsp3) is 0.545. The topological polar surface area (TPSA) is 102 Å². The van der Waals surface area contributed by atoms with E-state index in [-0.39, 0.29) is 0 Å². The molecule has 31 heavy (non-hydrogen) atoms. The number of allylic oxidation sites excluding steroid dienone is 6. The minimum absolute atomic E-state index is 0.309. The average Bonchev–Trinajstić information content (AvgIpc) is 2.57. The fourth-order valence-electron chi connectivity index (χ4n) is 2.56. The molecule has 7 nitrogen and oxygen atoms in total. The molecule has 0 aromatic heterocycles. The lowest BCUT2D eigenvalue weighted by Gasteiger charge is -2.20. The van der Waals surface area contributed by atoms with Gasteiger partial charge in [-0.15, -0.1) is 0 Å². The van der Waals surface area contributed by atoms with Crippen molar-refractivity contribution in [2.75, 3.05) is 0 Å². The molecule has 0 fully saturated rings. The Morgan fingerprint density at radius 3 is 1.90 bits per heavy atom. The summed E-state index contributed by atoms with van der Waals surface area (Å²) in [7, 11) is -9.84. The lowest BCUT2D eigenvalue weighted by atomic mass is 10.0. The Balaban J connectivity index is 5.57. The van der Waals surface area contributed by atoms with Crippen molar-refractivity contribution in [3.63, 3.8) is 0 Å². The van der Waals surface area contributed by atoms with Crippen molar-refractivity contribution >= 4 is 15.6 Å². The zero-order valence-corrected chi connectivity index (χ0v) is 21.1. The van der Waals surface area contributed by atoms with Gasteiger partial charge in [0.15, 0.2) is 0 Å². The van der Waals surface area contributed by atoms with Gasteiger partial charge in [-0.25, -0.2) is 9.13 Å². The third-order valence-electron chi connectivity index (χ3n) is 3.99. The Morgan fingerprint density at radius 2 is 1.45 bits per heavy atom. The highest BCUT2D eigenvalue weighted by molar-refractivity contribution is 7.61. The predicted octanol–water partition coefficient (Wildman–Crippen LogP) is 6.97. The zero-order chi connectivity index (χ0) is 24.1.